The van der Waals surface area contributed by atoms with Crippen LogP contribution in [-0.2, 0) is 4.74 Å². The average Bonchev–Trinajstić information content (AvgIpc) is 3.44. The van der Waals surface area contributed by atoms with Crippen molar-refractivity contribution in [3.8, 4) is 11.3 Å². The van der Waals surface area contributed by atoms with E-state index in [4.69, 9.17) is 4.74 Å². The smallest absolute Gasteiger partial charge is 0.417 e. The first-order valence-corrected chi connectivity index (χ1v) is 13.7. The molecule has 43 heavy (non-hydrogen) atoms. The van der Waals surface area contributed by atoms with Crippen LogP contribution in [-0.4, -0.2) is 39.4 Å². The van der Waals surface area contributed by atoms with Gasteiger partial charge in [-0.2, -0.15) is 0 Å². The monoisotopic (exact) mass is 569 g/mol. The quantitative estimate of drug-likeness (QED) is 0.222. The molecular weight excluding hydrogens is 542 g/mol. The molecule has 6 rings (SSSR count). The first-order chi connectivity index (χ1) is 21.0. The Balaban J connectivity index is 1.14. The van der Waals surface area contributed by atoms with Gasteiger partial charge in [-0.3, -0.25) is 9.59 Å². The number of nitrogens with zero attached hydrogens (tertiary/aromatic N) is 3. The number of nitrogens with one attached hydrogen (secondary N) is 2. The molecule has 0 unspecified atom stereocenters. The van der Waals surface area contributed by atoms with Crippen LogP contribution >= 0.6 is 0 Å². The highest BCUT2D eigenvalue weighted by molar-refractivity contribution is 6.07. The minimum atomic E-state index is -0.693. The van der Waals surface area contributed by atoms with Gasteiger partial charge in [0.05, 0.1) is 5.69 Å². The summed E-state index contributed by atoms with van der Waals surface area (Å²) in [6, 6.07) is 32.1. The second kappa shape index (κ2) is 12.0. The Labute approximate surface area is 248 Å². The van der Waals surface area contributed by atoms with Crippen LogP contribution in [0.5, 0.6) is 0 Å². The molecule has 0 radical (unpaired) electrons. The molecule has 1 aromatic heterocycles. The first-order valence-electron chi connectivity index (χ1n) is 13.7. The third-order valence-electron chi connectivity index (χ3n) is 7.14. The summed E-state index contributed by atoms with van der Waals surface area (Å²) in [6.07, 6.45) is 1.00. The van der Waals surface area contributed by atoms with E-state index in [0.717, 1.165) is 33.0 Å². The third kappa shape index (κ3) is 5.96. The van der Waals surface area contributed by atoms with E-state index in [1.54, 1.807) is 24.4 Å². The minimum Gasteiger partial charge on any atom is -0.446 e. The summed E-state index contributed by atoms with van der Waals surface area (Å²) >= 11 is 0. The summed E-state index contributed by atoms with van der Waals surface area (Å²) in [7, 11) is 0. The van der Waals surface area contributed by atoms with Crippen molar-refractivity contribution in [2.45, 2.75) is 13.0 Å². The van der Waals surface area contributed by atoms with Crippen molar-refractivity contribution in [2.75, 3.05) is 17.2 Å². The largest absolute Gasteiger partial charge is 0.446 e. The summed E-state index contributed by atoms with van der Waals surface area (Å²) < 4.78 is 5.17. The normalized spacial score (nSPS) is 14.2. The van der Waals surface area contributed by atoms with Crippen LogP contribution in [0.2, 0.25) is 0 Å². The van der Waals surface area contributed by atoms with E-state index in [1.807, 2.05) is 85.8 Å². The van der Waals surface area contributed by atoms with Crippen molar-refractivity contribution in [1.82, 2.24) is 14.9 Å². The van der Waals surface area contributed by atoms with E-state index >= 15 is 0 Å². The van der Waals surface area contributed by atoms with Crippen molar-refractivity contribution in [1.29, 1.82) is 0 Å². The SMILES string of the molecule is Cc1ccc(NC(=O)c2ccc(C(=O)N3C(=O)OC[C@H]3c3ccccc3)cc2)cc1Nc1nccc(-c2ccccc2)n1. The number of aromatic nitrogens is 2. The lowest BCUT2D eigenvalue weighted by Gasteiger charge is -2.20. The molecule has 0 bridgehead atoms. The van der Waals surface area contributed by atoms with Gasteiger partial charge in [0, 0.05) is 34.3 Å². The van der Waals surface area contributed by atoms with Crippen LogP contribution in [0.1, 0.15) is 37.9 Å². The van der Waals surface area contributed by atoms with Crippen LogP contribution in [0, 0.1) is 6.92 Å². The number of imide groups is 1. The van der Waals surface area contributed by atoms with E-state index in [1.165, 1.54) is 12.1 Å². The third-order valence-corrected chi connectivity index (χ3v) is 7.14. The fraction of sp³-hybridized carbons (Fsp3) is 0.0882. The molecular formula is C34H27N5O4. The summed E-state index contributed by atoms with van der Waals surface area (Å²) in [5.41, 5.74) is 5.47. The summed E-state index contributed by atoms with van der Waals surface area (Å²) in [4.78, 5) is 48.8. The van der Waals surface area contributed by atoms with Crippen molar-refractivity contribution >= 4 is 35.2 Å². The van der Waals surface area contributed by atoms with Gasteiger partial charge in [0.1, 0.15) is 12.6 Å². The molecule has 3 amide bonds. The molecule has 1 atom stereocenters. The number of benzene rings is 4. The number of aryl methyl sites for hydroxylation is 1. The van der Waals surface area contributed by atoms with E-state index in [0.29, 0.717) is 17.2 Å². The molecule has 4 aromatic carbocycles. The molecule has 9 heteroatoms. The van der Waals surface area contributed by atoms with Gasteiger partial charge < -0.3 is 15.4 Å². The maximum atomic E-state index is 13.2. The average molecular weight is 570 g/mol. The molecule has 0 spiro atoms. The second-order valence-electron chi connectivity index (χ2n) is 10.00. The molecule has 2 N–H and O–H groups in total. The number of hydrogen-bond acceptors (Lipinski definition) is 7. The predicted molar refractivity (Wildman–Crippen MR) is 163 cm³/mol. The zero-order valence-electron chi connectivity index (χ0n) is 23.2. The Morgan fingerprint density at radius 1 is 0.860 bits per heavy atom. The fourth-order valence-corrected chi connectivity index (χ4v) is 4.82. The number of cyclic esters (lactones) is 1. The highest BCUT2D eigenvalue weighted by Crippen LogP contribution is 2.30. The molecule has 1 aliphatic rings. The van der Waals surface area contributed by atoms with E-state index in [9.17, 15) is 14.4 Å². The van der Waals surface area contributed by atoms with Gasteiger partial charge in [-0.1, -0.05) is 66.7 Å². The number of carbonyl (C=O) groups is 3. The van der Waals surface area contributed by atoms with E-state index in [2.05, 4.69) is 20.6 Å². The topological polar surface area (TPSA) is 114 Å². The maximum Gasteiger partial charge on any atom is 0.417 e. The standard InChI is InChI=1S/C34H27N5O4/c1-22-12-17-27(20-29(22)38-33-35-19-18-28(37-33)23-8-4-2-5-9-23)36-31(40)25-13-15-26(16-14-25)32(41)39-30(21-43-34(39)42)24-10-6-3-7-11-24/h2-20,30H,21H2,1H3,(H,36,40)(H,35,37,38)/t30-/m0/s1. The molecule has 212 valence electrons. The Bertz CT molecular complexity index is 1790. The zero-order valence-corrected chi connectivity index (χ0v) is 23.2. The Morgan fingerprint density at radius 3 is 2.30 bits per heavy atom. The Morgan fingerprint density at radius 2 is 1.56 bits per heavy atom. The molecule has 2 heterocycles. The van der Waals surface area contributed by atoms with Crippen LogP contribution in [0.3, 0.4) is 0 Å². The molecule has 0 aliphatic carbocycles. The van der Waals surface area contributed by atoms with Crippen molar-refractivity contribution in [2.24, 2.45) is 0 Å². The van der Waals surface area contributed by atoms with Crippen molar-refractivity contribution in [3.63, 3.8) is 0 Å². The van der Waals surface area contributed by atoms with Crippen LogP contribution < -0.4 is 10.6 Å². The Kier molecular flexibility index (Phi) is 7.60. The van der Waals surface area contributed by atoms with Gasteiger partial charge >= 0.3 is 6.09 Å². The highest BCUT2D eigenvalue weighted by atomic mass is 16.6. The lowest BCUT2D eigenvalue weighted by Crippen LogP contribution is -2.34. The number of amides is 3. The second-order valence-corrected chi connectivity index (χ2v) is 10.00. The number of carbonyl (C=O) groups excluding carboxylic acids is 3. The highest BCUT2D eigenvalue weighted by Gasteiger charge is 2.39. The fourth-order valence-electron chi connectivity index (χ4n) is 4.82. The summed E-state index contributed by atoms with van der Waals surface area (Å²) in [5.74, 6) is -0.403. The number of hydrogen-bond donors (Lipinski definition) is 2. The summed E-state index contributed by atoms with van der Waals surface area (Å²) in [5, 5.41) is 6.15. The molecule has 1 aliphatic heterocycles. The van der Waals surface area contributed by atoms with Gasteiger partial charge in [-0.25, -0.2) is 19.7 Å². The Hall–Kier alpha value is -5.83. The summed E-state index contributed by atoms with van der Waals surface area (Å²) in [6.45, 7) is 2.04. The lowest BCUT2D eigenvalue weighted by atomic mass is 10.1. The number of ether oxygens (including phenoxy) is 1. The predicted octanol–water partition coefficient (Wildman–Crippen LogP) is 6.78. The molecule has 1 saturated heterocycles. The van der Waals surface area contributed by atoms with Gasteiger partial charge in [0.25, 0.3) is 11.8 Å². The maximum absolute atomic E-state index is 13.2. The van der Waals surface area contributed by atoms with Crippen LogP contribution in [0.4, 0.5) is 22.1 Å². The van der Waals surface area contributed by atoms with Crippen LogP contribution in [0.25, 0.3) is 11.3 Å². The zero-order chi connectivity index (χ0) is 29.8. The van der Waals surface area contributed by atoms with Gasteiger partial charge in [-0.15, -0.1) is 0 Å². The van der Waals surface area contributed by atoms with Crippen molar-refractivity contribution in [3.05, 3.63) is 138 Å². The minimum absolute atomic E-state index is 0.0903. The molecule has 9 nitrogen and oxygen atoms in total. The van der Waals surface area contributed by atoms with Crippen LogP contribution in [0.15, 0.2) is 115 Å². The van der Waals surface area contributed by atoms with Crippen molar-refractivity contribution < 1.29 is 19.1 Å². The number of rotatable bonds is 7. The first kappa shape index (κ1) is 27.3. The van der Waals surface area contributed by atoms with E-state index < -0.39 is 18.0 Å². The van der Waals surface area contributed by atoms with Gasteiger partial charge in [-0.05, 0) is 60.5 Å². The van der Waals surface area contributed by atoms with Gasteiger partial charge in [0.2, 0.25) is 5.95 Å². The molecule has 5 aromatic rings. The number of anilines is 3. The van der Waals surface area contributed by atoms with Gasteiger partial charge in [0.15, 0.2) is 0 Å². The molecule has 1 fully saturated rings. The lowest BCUT2D eigenvalue weighted by molar-refractivity contribution is 0.0773. The van der Waals surface area contributed by atoms with E-state index in [-0.39, 0.29) is 18.1 Å². The molecule has 0 saturated carbocycles.